The van der Waals surface area contributed by atoms with Crippen molar-refractivity contribution in [3.63, 3.8) is 0 Å². The van der Waals surface area contributed by atoms with Gasteiger partial charge in [0.2, 0.25) is 0 Å². The predicted molar refractivity (Wildman–Crippen MR) is 45.4 cm³/mol. The van der Waals surface area contributed by atoms with Gasteiger partial charge < -0.3 is 0 Å². The molecule has 2 nitrogen and oxygen atoms in total. The summed E-state index contributed by atoms with van der Waals surface area (Å²) in [7, 11) is 0. The number of hydrogen-bond donors (Lipinski definition) is 0. The Morgan fingerprint density at radius 1 is 1.60 bits per heavy atom. The molecule has 0 amide bonds. The van der Waals surface area contributed by atoms with Gasteiger partial charge in [0.15, 0.2) is 0 Å². The summed E-state index contributed by atoms with van der Waals surface area (Å²) in [4.78, 5) is 0. The third-order valence-corrected chi connectivity index (χ3v) is 2.61. The molecule has 1 aromatic heterocycles. The van der Waals surface area contributed by atoms with Crippen LogP contribution < -0.4 is 0 Å². The molecule has 4 heteroatoms. The lowest BCUT2D eigenvalue weighted by molar-refractivity contribution is 1.07. The molecule has 0 saturated heterocycles. The topological polar surface area (TPSA) is 25.8 Å². The fourth-order valence-electron chi connectivity index (χ4n) is 0.597. The number of aromatic nitrogens is 2. The van der Waals surface area contributed by atoms with Crippen LogP contribution in [-0.4, -0.2) is 14.5 Å². The molecular formula is C6H9N2S2. The first-order chi connectivity index (χ1) is 4.88. The molecule has 0 spiro atoms. The maximum Gasteiger partial charge on any atom is 0.133 e. The first-order valence-corrected chi connectivity index (χ1v) is 4.83. The second-order valence-electron chi connectivity index (χ2n) is 1.70. The molecular weight excluding hydrogens is 164 g/mol. The van der Waals surface area contributed by atoms with Gasteiger partial charge in [-0.15, -0.1) is 11.8 Å². The zero-order chi connectivity index (χ0) is 7.40. The summed E-state index contributed by atoms with van der Waals surface area (Å²) in [5.74, 6) is 1.05. The molecule has 0 N–H and O–H groups in total. The first-order valence-electron chi connectivity index (χ1n) is 3.12. The molecule has 0 fully saturated rings. The number of thioether (sulfide) groups is 1. The van der Waals surface area contributed by atoms with Crippen LogP contribution in [0.25, 0.3) is 0 Å². The highest BCUT2D eigenvalue weighted by atomic mass is 32.2. The minimum absolute atomic E-state index is 0.749. The summed E-state index contributed by atoms with van der Waals surface area (Å²) in [5.41, 5.74) is 1.04. The van der Waals surface area contributed by atoms with E-state index < -0.39 is 0 Å². The van der Waals surface area contributed by atoms with Crippen LogP contribution in [0.15, 0.2) is 5.03 Å². The molecule has 1 rings (SSSR count). The Bertz CT molecular complexity index is 197. The Kier molecular flexibility index (Phi) is 3.15. The van der Waals surface area contributed by atoms with E-state index in [0.717, 1.165) is 22.9 Å². The van der Waals surface area contributed by atoms with Gasteiger partial charge in [0.1, 0.15) is 5.03 Å². The van der Waals surface area contributed by atoms with Crippen molar-refractivity contribution in [2.75, 3.05) is 5.75 Å². The number of nitrogens with zero attached hydrogens (tertiary/aromatic N) is 2. The van der Waals surface area contributed by atoms with Crippen LogP contribution in [0, 0.1) is 6.92 Å². The lowest BCUT2D eigenvalue weighted by atomic mass is 10.4. The fraction of sp³-hybridized carbons (Fsp3) is 0.500. The van der Waals surface area contributed by atoms with E-state index >= 15 is 0 Å². The smallest absolute Gasteiger partial charge is 0.133 e. The Labute approximate surface area is 69.4 Å². The molecule has 10 heavy (non-hydrogen) atoms. The zero-order valence-corrected chi connectivity index (χ0v) is 7.47. The highest BCUT2D eigenvalue weighted by molar-refractivity contribution is 7.99. The quantitative estimate of drug-likeness (QED) is 0.654. The van der Waals surface area contributed by atoms with E-state index in [1.165, 1.54) is 11.7 Å². The molecule has 0 unspecified atom stereocenters. The van der Waals surface area contributed by atoms with Gasteiger partial charge in [0.05, 0.1) is 17.4 Å². The second kappa shape index (κ2) is 3.93. The van der Waals surface area contributed by atoms with Crippen LogP contribution >= 0.6 is 23.5 Å². The van der Waals surface area contributed by atoms with Gasteiger partial charge in [0, 0.05) is 0 Å². The maximum atomic E-state index is 4.13. The van der Waals surface area contributed by atoms with Crippen LogP contribution in [0.3, 0.4) is 0 Å². The summed E-state index contributed by atoms with van der Waals surface area (Å²) >= 11 is 3.00. The minimum Gasteiger partial charge on any atom is -0.177 e. The Morgan fingerprint density at radius 3 is 3.00 bits per heavy atom. The van der Waals surface area contributed by atoms with Crippen molar-refractivity contribution in [2.24, 2.45) is 0 Å². The van der Waals surface area contributed by atoms with Gasteiger partial charge >= 0.3 is 0 Å². The van der Waals surface area contributed by atoms with Crippen LogP contribution in [0.5, 0.6) is 0 Å². The van der Waals surface area contributed by atoms with E-state index in [0.29, 0.717) is 0 Å². The van der Waals surface area contributed by atoms with E-state index in [2.05, 4.69) is 22.6 Å². The first kappa shape index (κ1) is 8.01. The van der Waals surface area contributed by atoms with Crippen molar-refractivity contribution >= 4 is 23.5 Å². The average Bonchev–Trinajstić information content (AvgIpc) is 2.36. The Balaban J connectivity index is 2.70. The van der Waals surface area contributed by atoms with Gasteiger partial charge in [-0.2, -0.15) is 8.75 Å². The lowest BCUT2D eigenvalue weighted by Crippen LogP contribution is -1.82. The van der Waals surface area contributed by atoms with E-state index in [-0.39, 0.29) is 0 Å². The van der Waals surface area contributed by atoms with Crippen molar-refractivity contribution in [1.82, 2.24) is 8.75 Å². The van der Waals surface area contributed by atoms with Gasteiger partial charge in [-0.1, -0.05) is 6.92 Å². The lowest BCUT2D eigenvalue weighted by Gasteiger charge is -1.92. The Morgan fingerprint density at radius 2 is 2.40 bits per heavy atom. The van der Waals surface area contributed by atoms with Crippen molar-refractivity contribution in [3.8, 4) is 0 Å². The fourth-order valence-corrected chi connectivity index (χ4v) is 2.05. The van der Waals surface area contributed by atoms with Crippen molar-refractivity contribution in [1.29, 1.82) is 0 Å². The predicted octanol–water partition coefficient (Wildman–Crippen LogP) is 2.03. The van der Waals surface area contributed by atoms with Crippen molar-refractivity contribution in [3.05, 3.63) is 12.6 Å². The third-order valence-electron chi connectivity index (χ3n) is 1.04. The standard InChI is InChI=1S/C6H9N2S2/c1-3-5-6(9-4-2)8-10-7-5/h1,3-4H2,2H3. The SMILES string of the molecule is [CH2]Cc1nsnc1SCC. The minimum atomic E-state index is 0.749. The van der Waals surface area contributed by atoms with E-state index in [4.69, 9.17) is 0 Å². The van der Waals surface area contributed by atoms with E-state index in [1.807, 2.05) is 0 Å². The normalized spacial score (nSPS) is 10.2. The van der Waals surface area contributed by atoms with Gasteiger partial charge in [0.25, 0.3) is 0 Å². The molecule has 0 aliphatic heterocycles. The van der Waals surface area contributed by atoms with Crippen LogP contribution in [0.1, 0.15) is 12.6 Å². The summed E-state index contributed by atoms with van der Waals surface area (Å²) in [6, 6.07) is 0. The zero-order valence-electron chi connectivity index (χ0n) is 5.83. The van der Waals surface area contributed by atoms with E-state index in [9.17, 15) is 0 Å². The molecule has 1 heterocycles. The number of hydrogen-bond acceptors (Lipinski definition) is 4. The van der Waals surface area contributed by atoms with Crippen molar-refractivity contribution < 1.29 is 0 Å². The highest BCUT2D eigenvalue weighted by Crippen LogP contribution is 2.19. The molecule has 1 aromatic rings. The summed E-state index contributed by atoms with van der Waals surface area (Å²) in [6.45, 7) is 5.87. The van der Waals surface area contributed by atoms with Crippen LogP contribution in [-0.2, 0) is 6.42 Å². The molecule has 0 aliphatic carbocycles. The average molecular weight is 173 g/mol. The van der Waals surface area contributed by atoms with Gasteiger partial charge in [-0.25, -0.2) is 0 Å². The largest absolute Gasteiger partial charge is 0.177 e. The second-order valence-corrected chi connectivity index (χ2v) is 3.48. The van der Waals surface area contributed by atoms with Crippen LogP contribution in [0.4, 0.5) is 0 Å². The molecule has 0 bridgehead atoms. The monoisotopic (exact) mass is 173 g/mol. The molecule has 0 aromatic carbocycles. The summed E-state index contributed by atoms with van der Waals surface area (Å²) < 4.78 is 8.23. The molecule has 0 saturated carbocycles. The third kappa shape index (κ3) is 1.70. The summed E-state index contributed by atoms with van der Waals surface area (Å²) in [6.07, 6.45) is 0.749. The van der Waals surface area contributed by atoms with E-state index in [1.54, 1.807) is 11.8 Å². The van der Waals surface area contributed by atoms with Gasteiger partial charge in [-0.05, 0) is 19.1 Å². The maximum absolute atomic E-state index is 4.13. The van der Waals surface area contributed by atoms with Gasteiger partial charge in [-0.3, -0.25) is 0 Å². The van der Waals surface area contributed by atoms with Crippen molar-refractivity contribution in [2.45, 2.75) is 18.4 Å². The molecule has 0 atom stereocenters. The van der Waals surface area contributed by atoms with Crippen LogP contribution in [0.2, 0.25) is 0 Å². The summed E-state index contributed by atoms with van der Waals surface area (Å²) in [5, 5.41) is 1.06. The molecule has 55 valence electrons. The molecule has 0 aliphatic rings. The Hall–Kier alpha value is -0.0900. The number of rotatable bonds is 3. The molecule has 1 radical (unpaired) electrons. The highest BCUT2D eigenvalue weighted by Gasteiger charge is 2.03.